The minimum absolute atomic E-state index is 0.227. The van der Waals surface area contributed by atoms with Crippen molar-refractivity contribution in [3.63, 3.8) is 0 Å². The fourth-order valence-corrected chi connectivity index (χ4v) is 2.53. The minimum atomic E-state index is -0.340. The normalized spacial score (nSPS) is 11.6. The summed E-state index contributed by atoms with van der Waals surface area (Å²) in [4.78, 5) is 24.4. The molecule has 1 amide bonds. The Kier molecular flexibility index (Phi) is 5.49. The van der Waals surface area contributed by atoms with Crippen LogP contribution in [0.25, 0.3) is 0 Å². The molecule has 0 saturated carbocycles. The van der Waals surface area contributed by atoms with Gasteiger partial charge in [-0.15, -0.1) is 0 Å². The van der Waals surface area contributed by atoms with Gasteiger partial charge in [0.15, 0.2) is 0 Å². The van der Waals surface area contributed by atoms with E-state index in [-0.39, 0.29) is 24.1 Å². The first-order chi connectivity index (χ1) is 12.6. The van der Waals surface area contributed by atoms with Gasteiger partial charge in [-0.25, -0.2) is 0 Å². The maximum Gasteiger partial charge on any atom is 0.252 e. The van der Waals surface area contributed by atoms with Gasteiger partial charge in [0.25, 0.3) is 11.5 Å². The standard InChI is InChI=1S/C21H20N2O3/c1-23-13-12-17(14-20(23)24)21(25)22-19(16-8-4-2-5-9-16)15-26-18-10-6-3-7-11-18/h2-14,19H,15H2,1H3,(H,22,25)/t19-/m1/s1. The van der Waals surface area contributed by atoms with E-state index >= 15 is 0 Å². The third-order valence-corrected chi connectivity index (χ3v) is 4.03. The highest BCUT2D eigenvalue weighted by atomic mass is 16.5. The van der Waals surface area contributed by atoms with Gasteiger partial charge in [0.05, 0.1) is 6.04 Å². The molecule has 0 unspecified atom stereocenters. The van der Waals surface area contributed by atoms with Crippen LogP contribution in [-0.2, 0) is 7.05 Å². The Bertz CT molecular complexity index is 921. The first-order valence-corrected chi connectivity index (χ1v) is 8.34. The zero-order chi connectivity index (χ0) is 18.4. The van der Waals surface area contributed by atoms with E-state index in [9.17, 15) is 9.59 Å². The second kappa shape index (κ2) is 8.16. The lowest BCUT2D eigenvalue weighted by molar-refractivity contribution is 0.0921. The molecule has 5 heteroatoms. The molecular weight excluding hydrogens is 328 g/mol. The summed E-state index contributed by atoms with van der Waals surface area (Å²) >= 11 is 0. The quantitative estimate of drug-likeness (QED) is 0.745. The third kappa shape index (κ3) is 4.39. The number of nitrogens with zero attached hydrogens (tertiary/aromatic N) is 1. The second-order valence-corrected chi connectivity index (χ2v) is 5.93. The van der Waals surface area contributed by atoms with Gasteiger partial charge >= 0.3 is 0 Å². The van der Waals surface area contributed by atoms with Crippen LogP contribution in [0, 0.1) is 0 Å². The van der Waals surface area contributed by atoms with Crippen LogP contribution in [0.15, 0.2) is 83.8 Å². The van der Waals surface area contributed by atoms with E-state index in [2.05, 4.69) is 5.32 Å². The number of rotatable bonds is 6. The molecule has 3 aromatic rings. The molecule has 1 heterocycles. The van der Waals surface area contributed by atoms with E-state index in [1.54, 1.807) is 19.3 Å². The number of amides is 1. The van der Waals surface area contributed by atoms with Gasteiger partial charge in [-0.1, -0.05) is 48.5 Å². The van der Waals surface area contributed by atoms with Crippen molar-refractivity contribution in [2.24, 2.45) is 7.05 Å². The molecule has 0 aliphatic carbocycles. The zero-order valence-electron chi connectivity index (χ0n) is 14.5. The van der Waals surface area contributed by atoms with Crippen molar-refractivity contribution in [2.75, 3.05) is 6.61 Å². The predicted octanol–water partition coefficient (Wildman–Crippen LogP) is 2.94. The van der Waals surface area contributed by atoms with Gasteiger partial charge in [-0.05, 0) is 23.8 Å². The smallest absolute Gasteiger partial charge is 0.252 e. The molecule has 0 saturated heterocycles. The summed E-state index contributed by atoms with van der Waals surface area (Å²) < 4.78 is 7.24. The van der Waals surface area contributed by atoms with Crippen molar-refractivity contribution in [3.05, 3.63) is 100 Å². The molecule has 0 aliphatic rings. The summed E-state index contributed by atoms with van der Waals surface area (Å²) in [6, 6.07) is 21.7. The van der Waals surface area contributed by atoms with Gasteiger partial charge in [0.1, 0.15) is 12.4 Å². The largest absolute Gasteiger partial charge is 0.491 e. The van der Waals surface area contributed by atoms with Crippen molar-refractivity contribution >= 4 is 5.91 Å². The topological polar surface area (TPSA) is 60.3 Å². The highest BCUT2D eigenvalue weighted by molar-refractivity contribution is 5.94. The fraction of sp³-hybridized carbons (Fsp3) is 0.143. The Morgan fingerprint density at radius 2 is 1.69 bits per heavy atom. The number of hydrogen-bond donors (Lipinski definition) is 1. The van der Waals surface area contributed by atoms with Crippen molar-refractivity contribution < 1.29 is 9.53 Å². The van der Waals surface area contributed by atoms with Crippen LogP contribution in [0.5, 0.6) is 5.75 Å². The SMILES string of the molecule is Cn1ccc(C(=O)N[C@H](COc2ccccc2)c2ccccc2)cc1=O. The first-order valence-electron chi connectivity index (χ1n) is 8.34. The van der Waals surface area contributed by atoms with Crippen LogP contribution < -0.4 is 15.6 Å². The predicted molar refractivity (Wildman–Crippen MR) is 100 cm³/mol. The zero-order valence-corrected chi connectivity index (χ0v) is 14.5. The summed E-state index contributed by atoms with van der Waals surface area (Å²) in [5.74, 6) is 0.421. The number of ether oxygens (including phenoxy) is 1. The van der Waals surface area contributed by atoms with E-state index in [0.717, 1.165) is 11.3 Å². The van der Waals surface area contributed by atoms with Crippen LogP contribution >= 0.6 is 0 Å². The lowest BCUT2D eigenvalue weighted by Crippen LogP contribution is -2.33. The summed E-state index contributed by atoms with van der Waals surface area (Å²) in [5, 5.41) is 2.95. The molecule has 3 rings (SSSR count). The van der Waals surface area contributed by atoms with Gasteiger partial charge in [-0.2, -0.15) is 0 Å². The monoisotopic (exact) mass is 348 g/mol. The van der Waals surface area contributed by atoms with E-state index in [1.807, 2.05) is 60.7 Å². The average molecular weight is 348 g/mol. The molecule has 2 aromatic carbocycles. The fourth-order valence-electron chi connectivity index (χ4n) is 2.53. The lowest BCUT2D eigenvalue weighted by Gasteiger charge is -2.20. The average Bonchev–Trinajstić information content (AvgIpc) is 2.68. The number of carbonyl (C=O) groups excluding carboxylic acids is 1. The summed E-state index contributed by atoms with van der Waals surface area (Å²) in [6.07, 6.45) is 1.58. The number of hydrogen-bond acceptors (Lipinski definition) is 3. The van der Waals surface area contributed by atoms with Crippen molar-refractivity contribution in [1.29, 1.82) is 0 Å². The first kappa shape index (κ1) is 17.5. The van der Waals surface area contributed by atoms with Crippen LogP contribution in [0.4, 0.5) is 0 Å². The van der Waals surface area contributed by atoms with Crippen molar-refractivity contribution in [2.45, 2.75) is 6.04 Å². The molecule has 0 fully saturated rings. The van der Waals surface area contributed by atoms with E-state index in [0.29, 0.717) is 5.56 Å². The molecule has 5 nitrogen and oxygen atoms in total. The molecule has 1 aromatic heterocycles. The van der Waals surface area contributed by atoms with Gasteiger partial charge in [-0.3, -0.25) is 9.59 Å². The maximum atomic E-state index is 12.6. The van der Waals surface area contributed by atoms with Crippen molar-refractivity contribution in [3.8, 4) is 5.75 Å². The van der Waals surface area contributed by atoms with Gasteiger partial charge < -0.3 is 14.6 Å². The lowest BCUT2D eigenvalue weighted by atomic mass is 10.1. The molecule has 0 bridgehead atoms. The summed E-state index contributed by atoms with van der Waals surface area (Å²) in [5.41, 5.74) is 1.03. The Hall–Kier alpha value is -3.34. The number of aromatic nitrogens is 1. The van der Waals surface area contributed by atoms with E-state index in [1.165, 1.54) is 10.6 Å². The number of aryl methyl sites for hydroxylation is 1. The van der Waals surface area contributed by atoms with Gasteiger partial charge in [0.2, 0.25) is 0 Å². The second-order valence-electron chi connectivity index (χ2n) is 5.93. The number of carbonyl (C=O) groups is 1. The van der Waals surface area contributed by atoms with E-state index in [4.69, 9.17) is 4.74 Å². The Balaban J connectivity index is 1.77. The summed E-state index contributed by atoms with van der Waals surface area (Å²) in [6.45, 7) is 0.282. The van der Waals surface area contributed by atoms with Crippen LogP contribution in [0.1, 0.15) is 22.0 Å². The number of pyridine rings is 1. The van der Waals surface area contributed by atoms with Crippen molar-refractivity contribution in [1.82, 2.24) is 9.88 Å². The number of para-hydroxylation sites is 1. The van der Waals surface area contributed by atoms with Crippen LogP contribution in [0.2, 0.25) is 0 Å². The van der Waals surface area contributed by atoms with E-state index < -0.39 is 0 Å². The molecule has 26 heavy (non-hydrogen) atoms. The molecule has 1 atom stereocenters. The molecule has 0 radical (unpaired) electrons. The van der Waals surface area contributed by atoms with Crippen LogP contribution in [0.3, 0.4) is 0 Å². The third-order valence-electron chi connectivity index (χ3n) is 4.03. The van der Waals surface area contributed by atoms with Gasteiger partial charge in [0, 0.05) is 24.9 Å². The molecule has 0 spiro atoms. The molecule has 0 aliphatic heterocycles. The minimum Gasteiger partial charge on any atom is -0.491 e. The number of benzene rings is 2. The highest BCUT2D eigenvalue weighted by Crippen LogP contribution is 2.17. The molecular formula is C21H20N2O3. The molecule has 1 N–H and O–H groups in total. The maximum absolute atomic E-state index is 12.6. The molecule has 132 valence electrons. The Labute approximate surface area is 151 Å². The highest BCUT2D eigenvalue weighted by Gasteiger charge is 2.17. The Morgan fingerprint density at radius 3 is 2.35 bits per heavy atom. The Morgan fingerprint density at radius 1 is 1.04 bits per heavy atom. The van der Waals surface area contributed by atoms with Crippen LogP contribution in [-0.4, -0.2) is 17.1 Å². The number of nitrogens with one attached hydrogen (secondary N) is 1. The summed E-state index contributed by atoms with van der Waals surface area (Å²) in [7, 11) is 1.64.